The van der Waals surface area contributed by atoms with E-state index < -0.39 is 46.8 Å². The molecule has 2 atom stereocenters. The smallest absolute Gasteiger partial charge is 0.444 e. The van der Waals surface area contributed by atoms with Crippen molar-refractivity contribution in [2.75, 3.05) is 46.6 Å². The zero-order valence-electron chi connectivity index (χ0n) is 45.2. The molecule has 0 unspecified atom stereocenters. The fourth-order valence-electron chi connectivity index (χ4n) is 8.40. The predicted molar refractivity (Wildman–Crippen MR) is 308 cm³/mol. The lowest BCUT2D eigenvalue weighted by Gasteiger charge is -2.36. The van der Waals surface area contributed by atoms with E-state index in [0.29, 0.717) is 52.2 Å². The van der Waals surface area contributed by atoms with Crippen LogP contribution in [0, 0.1) is 11.6 Å². The molecule has 7 heterocycles. The number of halogens is 3. The summed E-state index contributed by atoms with van der Waals surface area (Å²) >= 11 is 5.85. The molecule has 6 N–H and O–H groups in total. The number of benzene rings is 2. The van der Waals surface area contributed by atoms with Gasteiger partial charge in [0, 0.05) is 78.6 Å². The summed E-state index contributed by atoms with van der Waals surface area (Å²) in [6.07, 6.45) is 8.88. The summed E-state index contributed by atoms with van der Waals surface area (Å²) < 4.78 is 52.7. The number of nitrogens with zero attached hydrogens (tertiary/aromatic N) is 6. The second-order valence-corrected chi connectivity index (χ2v) is 24.7. The first-order valence-corrected chi connectivity index (χ1v) is 27.9. The molecule has 6 aromatic rings. The van der Waals surface area contributed by atoms with Crippen LogP contribution in [0.1, 0.15) is 123 Å². The fraction of sp³-hybridized carbons (Fsp3) is 0.472. The number of nitrogens with one attached hydrogen (secondary N) is 6. The molecule has 3 aliphatic heterocycles. The molecule has 3 fully saturated rings. The van der Waals surface area contributed by atoms with E-state index in [9.17, 15) is 28.0 Å². The maximum absolute atomic E-state index is 15.0. The van der Waals surface area contributed by atoms with Gasteiger partial charge in [0.15, 0.2) is 3.92 Å². The summed E-state index contributed by atoms with van der Waals surface area (Å²) in [6.45, 7) is 20.9. The van der Waals surface area contributed by atoms with Crippen molar-refractivity contribution in [2.24, 2.45) is 0 Å². The van der Waals surface area contributed by atoms with Crippen molar-refractivity contribution >= 4 is 97.9 Å². The second-order valence-electron chi connectivity index (χ2n) is 21.7. The lowest BCUT2D eigenvalue weighted by atomic mass is 9.82. The Morgan fingerprint density at radius 1 is 0.722 bits per heavy atom. The lowest BCUT2D eigenvalue weighted by Crippen LogP contribution is -2.49. The molecule has 0 radical (unpaired) electrons. The minimum absolute atomic E-state index is 0. The van der Waals surface area contributed by atoms with Gasteiger partial charge in [0.1, 0.15) is 39.2 Å². The third kappa shape index (κ3) is 17.0. The number of amides is 4. The van der Waals surface area contributed by atoms with E-state index in [1.807, 2.05) is 37.5 Å². The van der Waals surface area contributed by atoms with Crippen molar-refractivity contribution in [1.29, 1.82) is 0 Å². The summed E-state index contributed by atoms with van der Waals surface area (Å²) in [6, 6.07) is 8.73. The third-order valence-electron chi connectivity index (χ3n) is 12.6. The number of aromatic nitrogens is 6. The van der Waals surface area contributed by atoms with E-state index in [2.05, 4.69) is 67.6 Å². The van der Waals surface area contributed by atoms with E-state index in [-0.39, 0.29) is 54.9 Å². The number of alkyl carbamates (subject to hydrolysis) is 2. The van der Waals surface area contributed by atoms with Crippen LogP contribution in [0.3, 0.4) is 0 Å². The van der Waals surface area contributed by atoms with Gasteiger partial charge in [-0.05, 0) is 135 Å². The highest BCUT2D eigenvalue weighted by atomic mass is 79.9. The molecule has 0 spiro atoms. The molecule has 0 bridgehead atoms. The van der Waals surface area contributed by atoms with Crippen molar-refractivity contribution in [3.63, 3.8) is 0 Å². The molecule has 79 heavy (non-hydrogen) atoms. The zero-order valence-corrected chi connectivity index (χ0v) is 48.4. The summed E-state index contributed by atoms with van der Waals surface area (Å²) in [5.74, 6) is -1.74. The Morgan fingerprint density at radius 2 is 1.19 bits per heavy atom. The minimum Gasteiger partial charge on any atom is -0.444 e. The van der Waals surface area contributed by atoms with Crippen LogP contribution in [-0.2, 0) is 18.8 Å². The van der Waals surface area contributed by atoms with Crippen molar-refractivity contribution in [3.05, 3.63) is 98.9 Å². The molecule has 2 aromatic carbocycles. The Kier molecular flexibility index (Phi) is 20.5. The van der Waals surface area contributed by atoms with E-state index in [1.54, 1.807) is 101 Å². The number of carbonyl (C=O) groups is 4. The Bertz CT molecular complexity index is 2990. The highest BCUT2D eigenvalue weighted by Gasteiger charge is 2.52. The number of H-pyrrole nitrogens is 2. The quantitative estimate of drug-likeness (QED) is 0.0699. The lowest BCUT2D eigenvalue weighted by molar-refractivity contribution is 0.00578. The predicted octanol–water partition coefficient (Wildman–Crippen LogP) is 10.6. The largest absolute Gasteiger partial charge is 0.498 e. The minimum atomic E-state index is -0.603. The van der Waals surface area contributed by atoms with Crippen LogP contribution in [0.2, 0.25) is 0 Å². The summed E-state index contributed by atoms with van der Waals surface area (Å²) in [5, 5.41) is 28.5. The average Bonchev–Trinajstić information content (AvgIpc) is 4.27. The van der Waals surface area contributed by atoms with Gasteiger partial charge in [0.05, 0.1) is 40.1 Å². The van der Waals surface area contributed by atoms with Gasteiger partial charge >= 0.3 is 19.3 Å². The molecule has 3 aliphatic rings. The first kappa shape index (κ1) is 61.7. The SMILES string of the molecule is C.CC(C)(C)OC(=O)N[C@@H]1CCCN(c2c(F)cccc2NC(=O)c2csc(-c3cn[nH]c3)n2)C1.CC(C)(C)OC(=O)N[C@@H]1CCCN(c2c(F)cccc2NC(=O)c2csc(Br)n2)C1.CC1(C)OB(c2cn[nH]c2)OC1(C)C. The van der Waals surface area contributed by atoms with Gasteiger partial charge in [-0.25, -0.2) is 28.3 Å². The monoisotopic (exact) mass is 1190 g/mol. The number of aromatic amines is 2. The van der Waals surface area contributed by atoms with Gasteiger partial charge in [0.25, 0.3) is 11.8 Å². The van der Waals surface area contributed by atoms with Gasteiger partial charge in [-0.3, -0.25) is 19.8 Å². The van der Waals surface area contributed by atoms with Gasteiger partial charge in [-0.15, -0.1) is 22.7 Å². The normalized spacial score (nSPS) is 17.7. The number of piperidine rings is 2. The van der Waals surface area contributed by atoms with E-state index in [0.717, 1.165) is 36.7 Å². The Labute approximate surface area is 476 Å². The topological polar surface area (TPSA) is 243 Å². The van der Waals surface area contributed by atoms with Gasteiger partial charge < -0.3 is 49.8 Å². The average molecular weight is 1200 g/mol. The molecule has 426 valence electrons. The third-order valence-corrected chi connectivity index (χ3v) is 14.9. The van der Waals surface area contributed by atoms with E-state index in [1.165, 1.54) is 34.8 Å². The standard InChI is InChI=1S/C23H27FN6O3S.C20H24BrFN4O3S.C9H15BN2O2.CH4/c1-23(2,3)33-22(32)27-15-6-5-9-30(12-15)19-16(24)7-4-8-17(19)28-20(31)18-13-34-21(29-18)14-10-25-26-11-14;1-20(2,3)29-19(28)23-12-6-5-9-26(10-12)16-13(22)7-4-8-14(16)24-17(27)15-11-30-18(21)25-15;1-8(2)9(3,4)14-10(13-8)7-5-11-12-6-7;/h4,7-8,10-11,13,15H,5-6,9,12H2,1-3H3,(H,25,26)(H,27,32)(H,28,31);4,7-8,11-12H,5-6,9-10H2,1-3H3,(H,23,28)(H,24,27);5-6H,1-4H3,(H,11,12);1H4/t15-;12-;;/m11../s1. The van der Waals surface area contributed by atoms with Crippen LogP contribution in [0.5, 0.6) is 0 Å². The molecule has 4 amide bonds. The highest BCUT2D eigenvalue weighted by Crippen LogP contribution is 2.37. The number of rotatable bonds is 10. The summed E-state index contributed by atoms with van der Waals surface area (Å²) in [7, 11) is -0.307. The van der Waals surface area contributed by atoms with Crippen molar-refractivity contribution in [3.8, 4) is 10.6 Å². The maximum atomic E-state index is 15.0. The maximum Gasteiger partial charge on any atom is 0.498 e. The highest BCUT2D eigenvalue weighted by molar-refractivity contribution is 9.11. The van der Waals surface area contributed by atoms with Crippen LogP contribution in [-0.4, -0.2) is 122 Å². The van der Waals surface area contributed by atoms with Crippen LogP contribution in [0.4, 0.5) is 41.1 Å². The molecule has 26 heteroatoms. The molecule has 9 rings (SSSR count). The molecule has 4 aromatic heterocycles. The van der Waals surface area contributed by atoms with Crippen molar-refractivity contribution < 1.29 is 46.7 Å². The van der Waals surface area contributed by atoms with Crippen LogP contribution in [0.25, 0.3) is 10.6 Å². The number of hydrogen-bond acceptors (Lipinski definition) is 16. The van der Waals surface area contributed by atoms with Crippen LogP contribution < -0.4 is 36.5 Å². The Balaban J connectivity index is 0.000000205. The van der Waals surface area contributed by atoms with Gasteiger partial charge in [-0.1, -0.05) is 19.6 Å². The van der Waals surface area contributed by atoms with Crippen molar-refractivity contribution in [1.82, 2.24) is 41.0 Å². The van der Waals surface area contributed by atoms with Gasteiger partial charge in [0.2, 0.25) is 0 Å². The molecule has 0 aliphatic carbocycles. The first-order chi connectivity index (χ1) is 36.7. The molecular formula is C53H70BBrF2N12O8S2. The van der Waals surface area contributed by atoms with E-state index >= 15 is 0 Å². The molecule has 0 saturated carbocycles. The van der Waals surface area contributed by atoms with Crippen LogP contribution >= 0.6 is 38.6 Å². The summed E-state index contributed by atoms with van der Waals surface area (Å²) in [4.78, 5) is 61.9. The number of ether oxygens (including phenoxy) is 2. The molecular weight excluding hydrogens is 1130 g/mol. The second kappa shape index (κ2) is 26.2. The Morgan fingerprint density at radius 3 is 1.62 bits per heavy atom. The van der Waals surface area contributed by atoms with Gasteiger partial charge in [-0.2, -0.15) is 10.2 Å². The Hall–Kier alpha value is -6.48. The number of anilines is 4. The first-order valence-electron chi connectivity index (χ1n) is 25.3. The molecule has 3 saturated heterocycles. The number of para-hydroxylation sites is 2. The number of thiazole rings is 2. The zero-order chi connectivity index (χ0) is 56.6. The number of carbonyl (C=O) groups excluding carboxylic acids is 4. The molecule has 20 nitrogen and oxygen atoms in total. The van der Waals surface area contributed by atoms with E-state index in [4.69, 9.17) is 18.8 Å². The fourth-order valence-corrected chi connectivity index (χ4v) is 10.2. The van der Waals surface area contributed by atoms with Crippen LogP contribution in [0.15, 0.2) is 75.9 Å². The van der Waals surface area contributed by atoms with Crippen molar-refractivity contribution in [2.45, 2.75) is 137 Å². The summed E-state index contributed by atoms with van der Waals surface area (Å²) in [5.41, 5.74) is 1.75. The number of hydrogen-bond donors (Lipinski definition) is 6.